The number of rotatable bonds is 4. The number of piperidine rings is 1. The topological polar surface area (TPSA) is 51.7 Å². The van der Waals surface area contributed by atoms with Crippen LogP contribution in [-0.4, -0.2) is 66.6 Å². The number of piperazine rings is 1. The van der Waals surface area contributed by atoms with Gasteiger partial charge in [-0.25, -0.2) is 9.78 Å². The molecule has 0 spiro atoms. The molecule has 1 atom stereocenters. The summed E-state index contributed by atoms with van der Waals surface area (Å²) < 4.78 is 0. The Hall–Kier alpha value is -2.60. The number of para-hydroxylation sites is 1. The standard InChI is InChI=1S/C22H29N5O/c28-22(24-20-8-2-1-3-9-20)27-12-6-7-19(18-27)17-25-13-15-26(16-14-25)21-10-4-5-11-23-21/h1-5,8-11,19H,6-7,12-18H2,(H,24,28). The van der Waals surface area contributed by atoms with Gasteiger partial charge in [-0.15, -0.1) is 0 Å². The van der Waals surface area contributed by atoms with E-state index in [1.165, 1.54) is 6.42 Å². The van der Waals surface area contributed by atoms with Crippen LogP contribution < -0.4 is 10.2 Å². The van der Waals surface area contributed by atoms with E-state index in [2.05, 4.69) is 26.2 Å². The van der Waals surface area contributed by atoms with Crippen LogP contribution in [0.4, 0.5) is 16.3 Å². The second-order valence-electron chi connectivity index (χ2n) is 7.73. The molecule has 2 saturated heterocycles. The van der Waals surface area contributed by atoms with Gasteiger partial charge in [-0.1, -0.05) is 24.3 Å². The fraction of sp³-hybridized carbons (Fsp3) is 0.455. The lowest BCUT2D eigenvalue weighted by atomic mass is 9.97. The van der Waals surface area contributed by atoms with E-state index in [1.54, 1.807) is 0 Å². The molecule has 1 N–H and O–H groups in total. The van der Waals surface area contributed by atoms with Crippen LogP contribution in [0.25, 0.3) is 0 Å². The summed E-state index contributed by atoms with van der Waals surface area (Å²) in [6.45, 7) is 6.92. The smallest absolute Gasteiger partial charge is 0.321 e. The number of urea groups is 1. The van der Waals surface area contributed by atoms with Crippen LogP contribution in [0.5, 0.6) is 0 Å². The summed E-state index contributed by atoms with van der Waals surface area (Å²) in [7, 11) is 0. The number of aromatic nitrogens is 1. The van der Waals surface area contributed by atoms with Crippen molar-refractivity contribution in [3.8, 4) is 0 Å². The van der Waals surface area contributed by atoms with Gasteiger partial charge in [0.15, 0.2) is 0 Å². The molecule has 4 rings (SSSR count). The van der Waals surface area contributed by atoms with E-state index in [-0.39, 0.29) is 6.03 Å². The molecule has 2 aromatic rings. The normalized spacial score (nSPS) is 20.8. The molecular formula is C22H29N5O. The lowest BCUT2D eigenvalue weighted by Crippen LogP contribution is -2.50. The summed E-state index contributed by atoms with van der Waals surface area (Å²) in [5.41, 5.74) is 0.861. The average molecular weight is 380 g/mol. The number of nitrogens with one attached hydrogen (secondary N) is 1. The number of pyridine rings is 1. The van der Waals surface area contributed by atoms with Crippen molar-refractivity contribution in [1.82, 2.24) is 14.8 Å². The molecule has 0 aliphatic carbocycles. The van der Waals surface area contributed by atoms with E-state index in [1.807, 2.05) is 53.6 Å². The number of likely N-dealkylation sites (tertiary alicyclic amines) is 1. The van der Waals surface area contributed by atoms with Crippen molar-refractivity contribution in [2.75, 3.05) is 56.0 Å². The van der Waals surface area contributed by atoms with Crippen LogP contribution in [0, 0.1) is 5.92 Å². The quantitative estimate of drug-likeness (QED) is 0.887. The first-order chi connectivity index (χ1) is 13.8. The molecule has 1 unspecified atom stereocenters. The summed E-state index contributed by atoms with van der Waals surface area (Å²) in [5.74, 6) is 1.63. The Morgan fingerprint density at radius 2 is 1.79 bits per heavy atom. The molecule has 1 aromatic carbocycles. The zero-order chi connectivity index (χ0) is 19.2. The van der Waals surface area contributed by atoms with Crippen LogP contribution in [0.1, 0.15) is 12.8 Å². The number of nitrogens with zero attached hydrogens (tertiary/aromatic N) is 4. The molecule has 2 aliphatic rings. The Bertz CT molecular complexity index is 746. The zero-order valence-electron chi connectivity index (χ0n) is 16.3. The fourth-order valence-electron chi connectivity index (χ4n) is 4.19. The van der Waals surface area contributed by atoms with Gasteiger partial charge in [-0.05, 0) is 43.0 Å². The molecule has 2 amide bonds. The molecule has 2 fully saturated rings. The number of hydrogen-bond donors (Lipinski definition) is 1. The first-order valence-corrected chi connectivity index (χ1v) is 10.3. The van der Waals surface area contributed by atoms with Gasteiger partial charge in [0.05, 0.1) is 0 Å². The van der Waals surface area contributed by atoms with Gasteiger partial charge >= 0.3 is 6.03 Å². The summed E-state index contributed by atoms with van der Waals surface area (Å²) in [6.07, 6.45) is 4.15. The molecule has 0 saturated carbocycles. The highest BCUT2D eigenvalue weighted by Gasteiger charge is 2.27. The van der Waals surface area contributed by atoms with Crippen LogP contribution in [0.15, 0.2) is 54.7 Å². The zero-order valence-corrected chi connectivity index (χ0v) is 16.3. The maximum atomic E-state index is 12.6. The Morgan fingerprint density at radius 3 is 2.54 bits per heavy atom. The van der Waals surface area contributed by atoms with Crippen molar-refractivity contribution >= 4 is 17.5 Å². The van der Waals surface area contributed by atoms with E-state index < -0.39 is 0 Å². The van der Waals surface area contributed by atoms with Crippen LogP contribution in [-0.2, 0) is 0 Å². The lowest BCUT2D eigenvalue weighted by Gasteiger charge is -2.39. The summed E-state index contributed by atoms with van der Waals surface area (Å²) in [6, 6.07) is 15.8. The number of anilines is 2. The second-order valence-corrected chi connectivity index (χ2v) is 7.73. The number of carbonyl (C=O) groups excluding carboxylic acids is 1. The molecule has 0 radical (unpaired) electrons. The highest BCUT2D eigenvalue weighted by atomic mass is 16.2. The highest BCUT2D eigenvalue weighted by molar-refractivity contribution is 5.89. The van der Waals surface area contributed by atoms with Crippen molar-refractivity contribution in [3.05, 3.63) is 54.7 Å². The molecule has 6 heteroatoms. The summed E-state index contributed by atoms with van der Waals surface area (Å²) >= 11 is 0. The van der Waals surface area contributed by atoms with Gasteiger partial charge in [-0.2, -0.15) is 0 Å². The van der Waals surface area contributed by atoms with E-state index in [4.69, 9.17) is 0 Å². The summed E-state index contributed by atoms with van der Waals surface area (Å²) in [4.78, 5) is 23.9. The van der Waals surface area contributed by atoms with Gasteiger partial charge in [0.25, 0.3) is 0 Å². The molecule has 28 heavy (non-hydrogen) atoms. The van der Waals surface area contributed by atoms with Crippen molar-refractivity contribution < 1.29 is 4.79 Å². The number of carbonyl (C=O) groups is 1. The molecule has 2 aliphatic heterocycles. The van der Waals surface area contributed by atoms with E-state index in [9.17, 15) is 4.79 Å². The van der Waals surface area contributed by atoms with Gasteiger partial charge in [0, 0.05) is 57.7 Å². The molecular weight excluding hydrogens is 350 g/mol. The van der Waals surface area contributed by atoms with Gasteiger partial charge in [-0.3, -0.25) is 4.90 Å². The Labute approximate surface area is 167 Å². The lowest BCUT2D eigenvalue weighted by molar-refractivity contribution is 0.143. The van der Waals surface area contributed by atoms with Crippen molar-refractivity contribution in [3.63, 3.8) is 0 Å². The Balaban J connectivity index is 1.25. The van der Waals surface area contributed by atoms with Crippen molar-refractivity contribution in [2.45, 2.75) is 12.8 Å². The number of amides is 2. The van der Waals surface area contributed by atoms with E-state index in [0.717, 1.165) is 63.7 Å². The molecule has 3 heterocycles. The van der Waals surface area contributed by atoms with Crippen molar-refractivity contribution in [2.24, 2.45) is 5.92 Å². The fourth-order valence-corrected chi connectivity index (χ4v) is 4.19. The van der Waals surface area contributed by atoms with E-state index in [0.29, 0.717) is 5.92 Å². The number of hydrogen-bond acceptors (Lipinski definition) is 4. The molecule has 0 bridgehead atoms. The first-order valence-electron chi connectivity index (χ1n) is 10.3. The third-order valence-corrected chi connectivity index (χ3v) is 5.69. The maximum absolute atomic E-state index is 12.6. The van der Waals surface area contributed by atoms with E-state index >= 15 is 0 Å². The van der Waals surface area contributed by atoms with Gasteiger partial charge in [0.1, 0.15) is 5.82 Å². The maximum Gasteiger partial charge on any atom is 0.321 e. The van der Waals surface area contributed by atoms with Crippen molar-refractivity contribution in [1.29, 1.82) is 0 Å². The minimum absolute atomic E-state index is 0.0240. The average Bonchev–Trinajstić information content (AvgIpc) is 2.76. The highest BCUT2D eigenvalue weighted by Crippen LogP contribution is 2.20. The molecule has 1 aromatic heterocycles. The minimum Gasteiger partial charge on any atom is -0.354 e. The second kappa shape index (κ2) is 9.06. The Morgan fingerprint density at radius 1 is 1.00 bits per heavy atom. The predicted octanol–water partition coefficient (Wildman–Crippen LogP) is 3.15. The Kier molecular flexibility index (Phi) is 6.07. The monoisotopic (exact) mass is 379 g/mol. The van der Waals surface area contributed by atoms with Crippen LogP contribution >= 0.6 is 0 Å². The largest absolute Gasteiger partial charge is 0.354 e. The predicted molar refractivity (Wildman–Crippen MR) is 113 cm³/mol. The SMILES string of the molecule is O=C(Nc1ccccc1)N1CCCC(CN2CCN(c3ccccn3)CC2)C1. The van der Waals surface area contributed by atoms with Crippen LogP contribution in [0.2, 0.25) is 0 Å². The number of benzene rings is 1. The third kappa shape index (κ3) is 4.81. The molecule has 6 nitrogen and oxygen atoms in total. The molecule has 148 valence electrons. The first kappa shape index (κ1) is 18.7. The minimum atomic E-state index is 0.0240. The van der Waals surface area contributed by atoms with Crippen LogP contribution in [0.3, 0.4) is 0 Å². The van der Waals surface area contributed by atoms with Gasteiger partial charge < -0.3 is 15.1 Å². The van der Waals surface area contributed by atoms with Gasteiger partial charge in [0.2, 0.25) is 0 Å². The third-order valence-electron chi connectivity index (χ3n) is 5.69. The summed E-state index contributed by atoms with van der Waals surface area (Å²) in [5, 5.41) is 3.02.